The predicted molar refractivity (Wildman–Crippen MR) is 72.3 cm³/mol. The first-order valence-corrected chi connectivity index (χ1v) is 5.67. The maximum atomic E-state index is 11.9. The van der Waals surface area contributed by atoms with Crippen molar-refractivity contribution in [2.45, 2.75) is 13.8 Å². The number of carbonyl (C=O) groups is 2. The van der Waals surface area contributed by atoms with Gasteiger partial charge in [-0.2, -0.15) is 0 Å². The minimum atomic E-state index is -0.389. The zero-order valence-electron chi connectivity index (χ0n) is 11.2. The zero-order valence-corrected chi connectivity index (χ0v) is 11.2. The van der Waals surface area contributed by atoms with Gasteiger partial charge < -0.3 is 10.2 Å². The molecule has 0 spiro atoms. The van der Waals surface area contributed by atoms with E-state index < -0.39 is 0 Å². The quantitative estimate of drug-likeness (QED) is 0.502. The summed E-state index contributed by atoms with van der Waals surface area (Å²) in [6.45, 7) is 3.35. The van der Waals surface area contributed by atoms with E-state index in [1.807, 2.05) is 19.1 Å². The topological polar surface area (TPSA) is 49.4 Å². The van der Waals surface area contributed by atoms with Gasteiger partial charge in [0.2, 0.25) is 0 Å². The highest BCUT2D eigenvalue weighted by molar-refractivity contribution is 6.22. The average molecular weight is 246 g/mol. The van der Waals surface area contributed by atoms with E-state index in [0.29, 0.717) is 5.69 Å². The highest BCUT2D eigenvalue weighted by Crippen LogP contribution is 2.10. The van der Waals surface area contributed by atoms with Crippen LogP contribution in [0.3, 0.4) is 0 Å². The third kappa shape index (κ3) is 4.05. The Bertz CT molecular complexity index is 473. The van der Waals surface area contributed by atoms with Crippen molar-refractivity contribution >= 4 is 17.4 Å². The van der Waals surface area contributed by atoms with Gasteiger partial charge in [-0.05, 0) is 26.0 Å². The smallest absolute Gasteiger partial charge is 0.260 e. The van der Waals surface area contributed by atoms with E-state index >= 15 is 0 Å². The molecule has 1 amide bonds. The lowest BCUT2D eigenvalue weighted by atomic mass is 10.1. The first kappa shape index (κ1) is 14.0. The Kier molecular flexibility index (Phi) is 4.66. The number of nitrogens with one attached hydrogen (secondary N) is 1. The molecule has 0 saturated carbocycles. The van der Waals surface area contributed by atoms with Crippen molar-refractivity contribution in [3.8, 4) is 0 Å². The SMILES string of the molecule is CC(=O)/C(=C/N(C)C)C(=O)Nc1ccc(C)cc1. The number of carbonyl (C=O) groups excluding carboxylic acids is 2. The molecule has 1 aromatic rings. The lowest BCUT2D eigenvalue weighted by Gasteiger charge is -2.10. The first-order valence-electron chi connectivity index (χ1n) is 5.67. The monoisotopic (exact) mass is 246 g/mol. The fourth-order valence-electron chi connectivity index (χ4n) is 1.40. The maximum Gasteiger partial charge on any atom is 0.260 e. The van der Waals surface area contributed by atoms with Gasteiger partial charge in [-0.25, -0.2) is 0 Å². The minimum absolute atomic E-state index is 0.139. The molecule has 1 N–H and O–H groups in total. The molecule has 0 heterocycles. The van der Waals surface area contributed by atoms with Crippen LogP contribution in [0.15, 0.2) is 36.0 Å². The number of nitrogens with zero attached hydrogens (tertiary/aromatic N) is 1. The first-order chi connectivity index (χ1) is 8.40. The molecule has 0 radical (unpaired) electrons. The van der Waals surface area contributed by atoms with Gasteiger partial charge in [0.15, 0.2) is 5.78 Å². The second-order valence-electron chi connectivity index (χ2n) is 4.38. The molecule has 1 aromatic carbocycles. The van der Waals surface area contributed by atoms with Crippen LogP contribution in [0.4, 0.5) is 5.69 Å². The molecule has 0 saturated heterocycles. The molecule has 1 rings (SSSR count). The van der Waals surface area contributed by atoms with E-state index in [9.17, 15) is 9.59 Å². The number of rotatable bonds is 4. The summed E-state index contributed by atoms with van der Waals surface area (Å²) < 4.78 is 0. The van der Waals surface area contributed by atoms with Gasteiger partial charge in [0.1, 0.15) is 0 Å². The van der Waals surface area contributed by atoms with E-state index in [4.69, 9.17) is 0 Å². The standard InChI is InChI=1S/C14H18N2O2/c1-10-5-7-12(8-6-10)15-14(18)13(11(2)17)9-16(3)4/h5-9H,1-4H3,(H,15,18)/b13-9-. The molecule has 0 aliphatic carbocycles. The number of amides is 1. The second kappa shape index (κ2) is 6.00. The Balaban J connectivity index is 2.86. The van der Waals surface area contributed by atoms with E-state index in [0.717, 1.165) is 5.56 Å². The fourth-order valence-corrected chi connectivity index (χ4v) is 1.40. The lowest BCUT2D eigenvalue weighted by Crippen LogP contribution is -2.21. The van der Waals surface area contributed by atoms with E-state index in [-0.39, 0.29) is 17.3 Å². The third-order valence-corrected chi connectivity index (χ3v) is 2.32. The van der Waals surface area contributed by atoms with Crippen LogP contribution in [0.1, 0.15) is 12.5 Å². The molecule has 4 nitrogen and oxygen atoms in total. The molecule has 0 aliphatic rings. The van der Waals surface area contributed by atoms with Gasteiger partial charge >= 0.3 is 0 Å². The van der Waals surface area contributed by atoms with Crippen LogP contribution >= 0.6 is 0 Å². The number of benzene rings is 1. The largest absolute Gasteiger partial charge is 0.383 e. The molecule has 0 atom stereocenters. The molecule has 0 unspecified atom stereocenters. The van der Waals surface area contributed by atoms with Crippen molar-refractivity contribution in [2.75, 3.05) is 19.4 Å². The Morgan fingerprint density at radius 1 is 1.17 bits per heavy atom. The Morgan fingerprint density at radius 2 is 1.72 bits per heavy atom. The summed E-state index contributed by atoms with van der Waals surface area (Å²) in [5.41, 5.74) is 1.93. The van der Waals surface area contributed by atoms with Crippen molar-refractivity contribution in [3.63, 3.8) is 0 Å². The maximum absolute atomic E-state index is 11.9. The molecule has 0 bridgehead atoms. The Morgan fingerprint density at radius 3 is 2.17 bits per heavy atom. The van der Waals surface area contributed by atoms with Gasteiger partial charge in [-0.15, -0.1) is 0 Å². The molecule has 0 fully saturated rings. The Labute approximate surface area is 107 Å². The zero-order chi connectivity index (χ0) is 13.7. The average Bonchev–Trinajstić information content (AvgIpc) is 2.28. The fraction of sp³-hybridized carbons (Fsp3) is 0.286. The normalized spacial score (nSPS) is 11.0. The van der Waals surface area contributed by atoms with Crippen molar-refractivity contribution in [3.05, 3.63) is 41.6 Å². The van der Waals surface area contributed by atoms with E-state index in [1.165, 1.54) is 13.1 Å². The van der Waals surface area contributed by atoms with Crippen molar-refractivity contribution in [1.29, 1.82) is 0 Å². The van der Waals surface area contributed by atoms with Crippen LogP contribution in [0.5, 0.6) is 0 Å². The Hall–Kier alpha value is -2.10. The lowest BCUT2D eigenvalue weighted by molar-refractivity contribution is -0.119. The number of ketones is 1. The summed E-state index contributed by atoms with van der Waals surface area (Å²) in [4.78, 5) is 25.0. The van der Waals surface area contributed by atoms with Crippen LogP contribution in [0.2, 0.25) is 0 Å². The van der Waals surface area contributed by atoms with Gasteiger partial charge in [-0.3, -0.25) is 9.59 Å². The number of aryl methyl sites for hydroxylation is 1. The molecule has 96 valence electrons. The number of hydrogen-bond donors (Lipinski definition) is 1. The number of anilines is 1. The summed E-state index contributed by atoms with van der Waals surface area (Å²) >= 11 is 0. The van der Waals surface area contributed by atoms with Gasteiger partial charge in [0.25, 0.3) is 5.91 Å². The molecule has 18 heavy (non-hydrogen) atoms. The number of hydrogen-bond acceptors (Lipinski definition) is 3. The van der Waals surface area contributed by atoms with Crippen LogP contribution in [0, 0.1) is 6.92 Å². The minimum Gasteiger partial charge on any atom is -0.383 e. The highest BCUT2D eigenvalue weighted by atomic mass is 16.2. The van der Waals surface area contributed by atoms with Crippen LogP contribution < -0.4 is 5.32 Å². The third-order valence-electron chi connectivity index (χ3n) is 2.32. The van der Waals surface area contributed by atoms with E-state index in [2.05, 4.69) is 5.32 Å². The summed E-state index contributed by atoms with van der Waals surface area (Å²) in [6.07, 6.45) is 1.52. The van der Waals surface area contributed by atoms with Crippen molar-refractivity contribution < 1.29 is 9.59 Å². The summed E-state index contributed by atoms with van der Waals surface area (Å²) in [5, 5.41) is 2.70. The van der Waals surface area contributed by atoms with Crippen LogP contribution in [-0.4, -0.2) is 30.7 Å². The van der Waals surface area contributed by atoms with E-state index in [1.54, 1.807) is 31.1 Å². The van der Waals surface area contributed by atoms with Gasteiger partial charge in [0, 0.05) is 26.0 Å². The van der Waals surface area contributed by atoms with Crippen molar-refractivity contribution in [2.24, 2.45) is 0 Å². The summed E-state index contributed by atoms with van der Waals surface area (Å²) in [5.74, 6) is -0.645. The highest BCUT2D eigenvalue weighted by Gasteiger charge is 2.14. The van der Waals surface area contributed by atoms with Gasteiger partial charge in [-0.1, -0.05) is 17.7 Å². The molecular formula is C14H18N2O2. The van der Waals surface area contributed by atoms with Crippen LogP contribution in [-0.2, 0) is 9.59 Å². The molecule has 4 heteroatoms. The number of Topliss-reactive ketones (excluding diaryl/α,β-unsaturated/α-hetero) is 1. The molecular weight excluding hydrogens is 228 g/mol. The molecule has 0 aromatic heterocycles. The van der Waals surface area contributed by atoms with Crippen molar-refractivity contribution in [1.82, 2.24) is 4.90 Å². The van der Waals surface area contributed by atoms with Crippen LogP contribution in [0.25, 0.3) is 0 Å². The molecule has 0 aliphatic heterocycles. The van der Waals surface area contributed by atoms with Gasteiger partial charge in [0.05, 0.1) is 5.57 Å². The summed E-state index contributed by atoms with van der Waals surface area (Å²) in [7, 11) is 3.53. The summed E-state index contributed by atoms with van der Waals surface area (Å²) in [6, 6.07) is 7.42. The second-order valence-corrected chi connectivity index (χ2v) is 4.38. The predicted octanol–water partition coefficient (Wildman–Crippen LogP) is 1.97.